The first-order valence-corrected chi connectivity index (χ1v) is 3.57. The number of hydrogen-bond donors (Lipinski definition) is 0. The third-order valence-corrected chi connectivity index (χ3v) is 1.52. The molecule has 1 aliphatic carbocycles. The topological polar surface area (TPSA) is 12.4 Å². The van der Waals surface area contributed by atoms with Gasteiger partial charge in [-0.25, -0.2) is 0 Å². The fourth-order valence-corrected chi connectivity index (χ4v) is 0.853. The van der Waals surface area contributed by atoms with Crippen LogP contribution in [0.15, 0.2) is 35.3 Å². The third kappa shape index (κ3) is 1.24. The standard InChI is InChI=1S/C9H9N/c1-2-4-8(5-3-1)10-9-6-7-9/h1-5H,6-7H2. The second-order valence-corrected chi connectivity index (χ2v) is 2.51. The van der Waals surface area contributed by atoms with Gasteiger partial charge in [-0.3, -0.25) is 4.99 Å². The van der Waals surface area contributed by atoms with Crippen molar-refractivity contribution in [1.82, 2.24) is 0 Å². The molecule has 1 heteroatoms. The van der Waals surface area contributed by atoms with Crippen LogP contribution in [0, 0.1) is 0 Å². The molecule has 0 unspecified atom stereocenters. The highest BCUT2D eigenvalue weighted by atomic mass is 14.8. The van der Waals surface area contributed by atoms with Crippen LogP contribution >= 0.6 is 0 Å². The Bertz CT molecular complexity index is 243. The van der Waals surface area contributed by atoms with Gasteiger partial charge in [0.1, 0.15) is 0 Å². The molecule has 1 aliphatic rings. The van der Waals surface area contributed by atoms with Gasteiger partial charge < -0.3 is 0 Å². The van der Waals surface area contributed by atoms with Crippen LogP contribution < -0.4 is 0 Å². The maximum Gasteiger partial charge on any atom is 0.0629 e. The molecule has 0 atom stereocenters. The predicted octanol–water partition coefficient (Wildman–Crippen LogP) is 2.55. The van der Waals surface area contributed by atoms with E-state index in [0.29, 0.717) is 0 Å². The van der Waals surface area contributed by atoms with Gasteiger partial charge in [0.25, 0.3) is 0 Å². The Morgan fingerprint density at radius 2 is 1.70 bits per heavy atom. The third-order valence-electron chi connectivity index (χ3n) is 1.52. The minimum atomic E-state index is 1.09. The van der Waals surface area contributed by atoms with Crippen LogP contribution in [-0.2, 0) is 0 Å². The molecule has 0 bridgehead atoms. The van der Waals surface area contributed by atoms with Crippen LogP contribution in [-0.4, -0.2) is 5.71 Å². The van der Waals surface area contributed by atoms with Crippen molar-refractivity contribution in [2.45, 2.75) is 12.8 Å². The lowest BCUT2D eigenvalue weighted by atomic mass is 10.3. The van der Waals surface area contributed by atoms with Gasteiger partial charge in [0.15, 0.2) is 0 Å². The molecule has 0 amide bonds. The van der Waals surface area contributed by atoms with E-state index in [9.17, 15) is 0 Å². The van der Waals surface area contributed by atoms with Gasteiger partial charge in [0.05, 0.1) is 5.69 Å². The minimum absolute atomic E-state index is 1.09. The quantitative estimate of drug-likeness (QED) is 0.555. The van der Waals surface area contributed by atoms with Gasteiger partial charge in [-0.1, -0.05) is 18.2 Å². The van der Waals surface area contributed by atoms with Gasteiger partial charge in [-0.05, 0) is 25.0 Å². The van der Waals surface area contributed by atoms with Crippen molar-refractivity contribution in [3.63, 3.8) is 0 Å². The molecule has 1 saturated carbocycles. The Kier molecular flexibility index (Phi) is 1.28. The van der Waals surface area contributed by atoms with E-state index in [-0.39, 0.29) is 0 Å². The van der Waals surface area contributed by atoms with Gasteiger partial charge >= 0.3 is 0 Å². The van der Waals surface area contributed by atoms with Crippen molar-refractivity contribution in [3.05, 3.63) is 30.3 Å². The van der Waals surface area contributed by atoms with Gasteiger partial charge in [-0.2, -0.15) is 0 Å². The first-order valence-electron chi connectivity index (χ1n) is 3.57. The van der Waals surface area contributed by atoms with E-state index in [2.05, 4.69) is 4.99 Å². The SMILES string of the molecule is c1ccc(N=C2CC2)cc1. The number of benzene rings is 1. The summed E-state index contributed by atoms with van der Waals surface area (Å²) >= 11 is 0. The van der Waals surface area contributed by atoms with E-state index in [1.807, 2.05) is 30.3 Å². The molecule has 2 rings (SSSR count). The zero-order valence-electron chi connectivity index (χ0n) is 5.75. The summed E-state index contributed by atoms with van der Waals surface area (Å²) < 4.78 is 0. The molecule has 10 heavy (non-hydrogen) atoms. The Hall–Kier alpha value is -1.11. The largest absolute Gasteiger partial charge is 0.258 e. The van der Waals surface area contributed by atoms with Crippen LogP contribution in [0.4, 0.5) is 5.69 Å². The highest BCUT2D eigenvalue weighted by Gasteiger charge is 2.12. The van der Waals surface area contributed by atoms with Crippen molar-refractivity contribution in [2.75, 3.05) is 0 Å². The number of rotatable bonds is 1. The lowest BCUT2D eigenvalue weighted by molar-refractivity contribution is 1.50. The molecular formula is C9H9N. The van der Waals surface area contributed by atoms with Crippen molar-refractivity contribution in [3.8, 4) is 0 Å². The van der Waals surface area contributed by atoms with E-state index >= 15 is 0 Å². The molecule has 0 aliphatic heterocycles. The van der Waals surface area contributed by atoms with E-state index in [1.54, 1.807) is 0 Å². The highest BCUT2D eigenvalue weighted by Crippen LogP contribution is 2.20. The first kappa shape index (κ1) is 5.66. The van der Waals surface area contributed by atoms with Crippen molar-refractivity contribution in [1.29, 1.82) is 0 Å². The molecule has 50 valence electrons. The summed E-state index contributed by atoms with van der Waals surface area (Å²) in [7, 11) is 0. The molecule has 1 aromatic carbocycles. The van der Waals surface area contributed by atoms with Crippen LogP contribution in [0.1, 0.15) is 12.8 Å². The molecule has 0 spiro atoms. The number of para-hydroxylation sites is 1. The summed E-state index contributed by atoms with van der Waals surface area (Å²) in [5.41, 5.74) is 2.43. The fraction of sp³-hybridized carbons (Fsp3) is 0.222. The molecular weight excluding hydrogens is 122 g/mol. The van der Waals surface area contributed by atoms with Gasteiger partial charge in [-0.15, -0.1) is 0 Å². The molecule has 0 radical (unpaired) electrons. The number of aliphatic imine (C=N–C) groups is 1. The summed E-state index contributed by atoms with van der Waals surface area (Å²) in [6, 6.07) is 10.1. The summed E-state index contributed by atoms with van der Waals surface area (Å²) in [4.78, 5) is 4.39. The Morgan fingerprint density at radius 1 is 1.00 bits per heavy atom. The first-order chi connectivity index (χ1) is 4.95. The summed E-state index contributed by atoms with van der Waals surface area (Å²) in [5.74, 6) is 0. The van der Waals surface area contributed by atoms with Crippen molar-refractivity contribution in [2.24, 2.45) is 4.99 Å². The smallest absolute Gasteiger partial charge is 0.0629 e. The molecule has 1 aromatic rings. The maximum atomic E-state index is 4.39. The van der Waals surface area contributed by atoms with E-state index in [4.69, 9.17) is 0 Å². The second kappa shape index (κ2) is 2.25. The average Bonchev–Trinajstić information content (AvgIpc) is 2.74. The average molecular weight is 131 g/mol. The lowest BCUT2D eigenvalue weighted by Gasteiger charge is -1.87. The predicted molar refractivity (Wildman–Crippen MR) is 42.8 cm³/mol. The lowest BCUT2D eigenvalue weighted by Crippen LogP contribution is -1.64. The van der Waals surface area contributed by atoms with Crippen molar-refractivity contribution >= 4 is 11.4 Å². The van der Waals surface area contributed by atoms with Gasteiger partial charge in [0.2, 0.25) is 0 Å². The highest BCUT2D eigenvalue weighted by molar-refractivity contribution is 5.99. The zero-order valence-corrected chi connectivity index (χ0v) is 5.75. The van der Waals surface area contributed by atoms with E-state index in [0.717, 1.165) is 5.69 Å². The van der Waals surface area contributed by atoms with Gasteiger partial charge in [0, 0.05) is 5.71 Å². The minimum Gasteiger partial charge on any atom is -0.258 e. The maximum absolute atomic E-state index is 4.39. The fourth-order valence-electron chi connectivity index (χ4n) is 0.853. The Labute approximate surface area is 60.4 Å². The normalized spacial score (nSPS) is 15.0. The van der Waals surface area contributed by atoms with Crippen LogP contribution in [0.2, 0.25) is 0 Å². The monoisotopic (exact) mass is 131 g/mol. The number of hydrogen-bond acceptors (Lipinski definition) is 1. The van der Waals surface area contributed by atoms with Crippen LogP contribution in [0.25, 0.3) is 0 Å². The summed E-state index contributed by atoms with van der Waals surface area (Å²) in [6.07, 6.45) is 2.41. The molecule has 0 N–H and O–H groups in total. The van der Waals surface area contributed by atoms with Crippen molar-refractivity contribution < 1.29 is 0 Å². The molecule has 0 heterocycles. The summed E-state index contributed by atoms with van der Waals surface area (Å²) in [5, 5.41) is 0. The van der Waals surface area contributed by atoms with E-state index in [1.165, 1.54) is 18.6 Å². The van der Waals surface area contributed by atoms with Crippen LogP contribution in [0.3, 0.4) is 0 Å². The zero-order chi connectivity index (χ0) is 6.81. The number of nitrogens with zero attached hydrogens (tertiary/aromatic N) is 1. The summed E-state index contributed by atoms with van der Waals surface area (Å²) in [6.45, 7) is 0. The Balaban J connectivity index is 2.26. The second-order valence-electron chi connectivity index (χ2n) is 2.51. The van der Waals surface area contributed by atoms with E-state index < -0.39 is 0 Å². The van der Waals surface area contributed by atoms with Crippen LogP contribution in [0.5, 0.6) is 0 Å². The molecule has 1 fully saturated rings. The molecule has 1 nitrogen and oxygen atoms in total. The molecule has 0 saturated heterocycles. The molecule has 0 aromatic heterocycles. The Morgan fingerprint density at radius 3 is 2.30 bits per heavy atom.